The fourth-order valence-electron chi connectivity index (χ4n) is 1.26. The average molecular weight is 334 g/mol. The molecule has 0 radical (unpaired) electrons. The molecule has 0 saturated heterocycles. The van der Waals surface area contributed by atoms with E-state index in [1.54, 1.807) is 0 Å². The Hall–Kier alpha value is -0.280. The number of benzene rings is 1. The van der Waals surface area contributed by atoms with Crippen molar-refractivity contribution in [3.05, 3.63) is 39.3 Å². The van der Waals surface area contributed by atoms with Gasteiger partial charge in [0.1, 0.15) is 12.4 Å². The fourth-order valence-corrected chi connectivity index (χ4v) is 1.75. The van der Waals surface area contributed by atoms with Crippen LogP contribution in [0.4, 0.5) is 0 Å². The molecule has 0 N–H and O–H groups in total. The first-order valence-corrected chi connectivity index (χ1v) is 6.35. The van der Waals surface area contributed by atoms with E-state index >= 15 is 0 Å². The molecule has 0 bridgehead atoms. The van der Waals surface area contributed by atoms with Crippen LogP contribution in [-0.4, -0.2) is 6.61 Å². The lowest BCUT2D eigenvalue weighted by Crippen LogP contribution is -2.00. The Bertz CT molecular complexity index is 359. The van der Waals surface area contributed by atoms with Gasteiger partial charge in [0.15, 0.2) is 0 Å². The quantitative estimate of drug-likeness (QED) is 0.764. The zero-order chi connectivity index (χ0) is 11.4. The monoisotopic (exact) mass is 332 g/mol. The summed E-state index contributed by atoms with van der Waals surface area (Å²) in [6.07, 6.45) is 0. The van der Waals surface area contributed by atoms with Gasteiger partial charge in [-0.25, -0.2) is 0 Å². The van der Waals surface area contributed by atoms with Gasteiger partial charge in [0.05, 0.1) is 0 Å². The van der Waals surface area contributed by atoms with Crippen molar-refractivity contribution < 1.29 is 4.74 Å². The first-order valence-electron chi connectivity index (χ1n) is 4.76. The van der Waals surface area contributed by atoms with Crippen LogP contribution in [0.15, 0.2) is 33.7 Å². The highest BCUT2D eigenvalue weighted by Gasteiger charge is 2.08. The van der Waals surface area contributed by atoms with E-state index in [2.05, 4.69) is 58.4 Å². The molecule has 3 heteroatoms. The van der Waals surface area contributed by atoms with Crippen molar-refractivity contribution in [1.82, 2.24) is 0 Å². The molecule has 0 amide bonds. The van der Waals surface area contributed by atoms with Crippen molar-refractivity contribution in [2.24, 2.45) is 0 Å². The van der Waals surface area contributed by atoms with Crippen molar-refractivity contribution in [3.8, 4) is 5.75 Å². The summed E-state index contributed by atoms with van der Waals surface area (Å²) < 4.78 is 7.57. The highest BCUT2D eigenvalue weighted by molar-refractivity contribution is 9.11. The molecule has 0 spiro atoms. The molecule has 0 fully saturated rings. The van der Waals surface area contributed by atoms with E-state index in [1.807, 2.05) is 12.1 Å². The molecule has 0 aliphatic carbocycles. The molecule has 0 heterocycles. The van der Waals surface area contributed by atoms with E-state index < -0.39 is 0 Å². The van der Waals surface area contributed by atoms with Gasteiger partial charge in [0.2, 0.25) is 0 Å². The predicted molar refractivity (Wildman–Crippen MR) is 71.8 cm³/mol. The third-order valence-corrected chi connectivity index (χ3v) is 2.70. The smallest absolute Gasteiger partial charge is 0.123 e. The largest absolute Gasteiger partial charge is 0.488 e. The van der Waals surface area contributed by atoms with Gasteiger partial charge in [-0.1, -0.05) is 52.3 Å². The van der Waals surface area contributed by atoms with Crippen molar-refractivity contribution in [2.45, 2.75) is 19.8 Å². The molecule has 0 atom stereocenters. The van der Waals surface area contributed by atoms with Crippen molar-refractivity contribution in [2.75, 3.05) is 6.61 Å². The van der Waals surface area contributed by atoms with E-state index in [4.69, 9.17) is 4.74 Å². The maximum absolute atomic E-state index is 5.65. The molecule has 0 aliphatic rings. The summed E-state index contributed by atoms with van der Waals surface area (Å²) in [4.78, 5) is 0. The number of hydrogen-bond donors (Lipinski definition) is 0. The lowest BCUT2D eigenvalue weighted by atomic mass is 10.0. The summed E-state index contributed by atoms with van der Waals surface area (Å²) in [6, 6.07) is 6.06. The van der Waals surface area contributed by atoms with E-state index in [-0.39, 0.29) is 0 Å². The number of ether oxygens (including phenoxy) is 1. The minimum Gasteiger partial charge on any atom is -0.488 e. The second-order valence-corrected chi connectivity index (χ2v) is 5.68. The summed E-state index contributed by atoms with van der Waals surface area (Å²) in [5.74, 6) is 1.37. The summed E-state index contributed by atoms with van der Waals surface area (Å²) in [6.45, 7) is 8.55. The van der Waals surface area contributed by atoms with Gasteiger partial charge < -0.3 is 4.74 Å². The molecular weight excluding hydrogens is 320 g/mol. The van der Waals surface area contributed by atoms with Gasteiger partial charge in [-0.3, -0.25) is 0 Å². The molecule has 1 aromatic carbocycles. The molecule has 0 saturated carbocycles. The molecule has 15 heavy (non-hydrogen) atoms. The van der Waals surface area contributed by atoms with Crippen LogP contribution in [0.2, 0.25) is 0 Å². The summed E-state index contributed by atoms with van der Waals surface area (Å²) in [7, 11) is 0. The Morgan fingerprint density at radius 3 is 2.67 bits per heavy atom. The van der Waals surface area contributed by atoms with Gasteiger partial charge in [-0.2, -0.15) is 0 Å². The van der Waals surface area contributed by atoms with Crippen LogP contribution in [0.1, 0.15) is 25.3 Å². The highest BCUT2D eigenvalue weighted by atomic mass is 79.9. The van der Waals surface area contributed by atoms with Gasteiger partial charge in [0.25, 0.3) is 0 Å². The van der Waals surface area contributed by atoms with Gasteiger partial charge in [-0.15, -0.1) is 0 Å². The van der Waals surface area contributed by atoms with E-state index in [0.717, 1.165) is 14.7 Å². The third-order valence-electron chi connectivity index (χ3n) is 1.98. The number of hydrogen-bond acceptors (Lipinski definition) is 1. The Labute approximate surface area is 108 Å². The molecule has 1 aromatic rings. The fraction of sp³-hybridized carbons (Fsp3) is 0.333. The second-order valence-electron chi connectivity index (χ2n) is 3.64. The molecule has 0 aromatic heterocycles. The van der Waals surface area contributed by atoms with Crippen LogP contribution < -0.4 is 4.74 Å². The van der Waals surface area contributed by atoms with Crippen molar-refractivity contribution in [3.63, 3.8) is 0 Å². The minimum absolute atomic E-state index is 0.445. The Morgan fingerprint density at radius 2 is 2.13 bits per heavy atom. The summed E-state index contributed by atoms with van der Waals surface area (Å²) in [5.41, 5.74) is 1.21. The third kappa shape index (κ3) is 3.99. The topological polar surface area (TPSA) is 9.23 Å². The number of halogens is 2. The van der Waals surface area contributed by atoms with Crippen LogP contribution in [0.5, 0.6) is 5.75 Å². The maximum atomic E-state index is 5.65. The molecule has 82 valence electrons. The molecule has 0 aliphatic heterocycles. The van der Waals surface area contributed by atoms with Gasteiger partial charge in [-0.05, 0) is 29.7 Å². The lowest BCUT2D eigenvalue weighted by molar-refractivity contribution is 0.355. The standard InChI is InChI=1S/C12H14Br2O/c1-8(2)11-6-10(14)4-5-12(11)15-7-9(3)13/h4-6,8H,3,7H2,1-2H3. The van der Waals surface area contributed by atoms with E-state index in [0.29, 0.717) is 12.5 Å². The van der Waals surface area contributed by atoms with Crippen LogP contribution in [0.3, 0.4) is 0 Å². The molecular formula is C12H14Br2O. The van der Waals surface area contributed by atoms with Crippen LogP contribution in [0.25, 0.3) is 0 Å². The van der Waals surface area contributed by atoms with Gasteiger partial charge >= 0.3 is 0 Å². The zero-order valence-electron chi connectivity index (χ0n) is 8.89. The molecule has 0 unspecified atom stereocenters. The second kappa shape index (κ2) is 5.71. The van der Waals surface area contributed by atoms with Crippen LogP contribution in [0, 0.1) is 0 Å². The highest BCUT2D eigenvalue weighted by Crippen LogP contribution is 2.29. The Morgan fingerprint density at radius 1 is 1.47 bits per heavy atom. The molecule has 1 nitrogen and oxygen atoms in total. The summed E-state index contributed by atoms with van der Waals surface area (Å²) >= 11 is 6.74. The van der Waals surface area contributed by atoms with Crippen molar-refractivity contribution >= 4 is 31.9 Å². The minimum atomic E-state index is 0.445. The molecule has 1 rings (SSSR count). The Balaban J connectivity index is 2.90. The Kier molecular flexibility index (Phi) is 4.87. The first-order chi connectivity index (χ1) is 7.00. The predicted octanol–water partition coefficient (Wildman–Crippen LogP) is 4.86. The first kappa shape index (κ1) is 12.8. The number of rotatable bonds is 4. The van der Waals surface area contributed by atoms with Crippen LogP contribution >= 0.6 is 31.9 Å². The van der Waals surface area contributed by atoms with E-state index in [9.17, 15) is 0 Å². The van der Waals surface area contributed by atoms with Gasteiger partial charge in [0, 0.05) is 8.96 Å². The van der Waals surface area contributed by atoms with E-state index in [1.165, 1.54) is 5.56 Å². The lowest BCUT2D eigenvalue weighted by Gasteiger charge is -2.14. The summed E-state index contributed by atoms with van der Waals surface area (Å²) in [5, 5.41) is 0. The maximum Gasteiger partial charge on any atom is 0.123 e. The average Bonchev–Trinajstić information content (AvgIpc) is 2.15. The normalized spacial score (nSPS) is 10.5. The van der Waals surface area contributed by atoms with Crippen molar-refractivity contribution in [1.29, 1.82) is 0 Å². The zero-order valence-corrected chi connectivity index (χ0v) is 12.1. The SMILES string of the molecule is C=C(Br)COc1ccc(Br)cc1C(C)C. The van der Waals surface area contributed by atoms with Crippen LogP contribution in [-0.2, 0) is 0 Å².